The van der Waals surface area contributed by atoms with Crippen LogP contribution < -0.4 is 5.32 Å². The summed E-state index contributed by atoms with van der Waals surface area (Å²) in [5.41, 5.74) is 4.68. The average Bonchev–Trinajstić information content (AvgIpc) is 3.14. The first-order chi connectivity index (χ1) is 9.81. The molecule has 3 aliphatic rings. The smallest absolute Gasteiger partial charge is 0.0295 e. The molecule has 0 aromatic heterocycles. The maximum atomic E-state index is 3.92. The van der Waals surface area contributed by atoms with Crippen LogP contribution in [0, 0.1) is 0 Å². The zero-order valence-electron chi connectivity index (χ0n) is 12.6. The van der Waals surface area contributed by atoms with Crippen molar-refractivity contribution in [1.29, 1.82) is 0 Å². The Morgan fingerprint density at radius 2 is 2.00 bits per heavy atom. The predicted octanol–water partition coefficient (Wildman–Crippen LogP) is 3.06. The standard InChI is InChI=1S/C18H26N2/c1-13(15-8-7-14-4-2-5-16(14)12-15)19-17-9-11-20-10-3-6-18(17)20/h7-8,12-13,17-19H,2-6,9-11H2,1H3. The van der Waals surface area contributed by atoms with Crippen LogP contribution in [-0.2, 0) is 12.8 Å². The lowest BCUT2D eigenvalue weighted by atomic mass is 9.99. The molecular formula is C18H26N2. The molecule has 1 aromatic carbocycles. The van der Waals surface area contributed by atoms with Crippen molar-refractivity contribution >= 4 is 0 Å². The van der Waals surface area contributed by atoms with Gasteiger partial charge in [0.25, 0.3) is 0 Å². The summed E-state index contributed by atoms with van der Waals surface area (Å²) in [7, 11) is 0. The number of rotatable bonds is 3. The fraction of sp³-hybridized carbons (Fsp3) is 0.667. The van der Waals surface area contributed by atoms with Gasteiger partial charge in [-0.3, -0.25) is 4.90 Å². The fourth-order valence-electron chi connectivity index (χ4n) is 4.56. The molecule has 2 nitrogen and oxygen atoms in total. The summed E-state index contributed by atoms with van der Waals surface area (Å²) < 4.78 is 0. The Balaban J connectivity index is 1.46. The summed E-state index contributed by atoms with van der Waals surface area (Å²) in [6, 6.07) is 9.19. The Kier molecular flexibility index (Phi) is 3.31. The van der Waals surface area contributed by atoms with Gasteiger partial charge in [-0.25, -0.2) is 0 Å². The Labute approximate surface area is 122 Å². The third kappa shape index (κ3) is 2.19. The van der Waals surface area contributed by atoms with E-state index in [2.05, 4.69) is 35.3 Å². The first-order valence-corrected chi connectivity index (χ1v) is 8.43. The maximum Gasteiger partial charge on any atom is 0.0295 e. The molecule has 1 N–H and O–H groups in total. The van der Waals surface area contributed by atoms with Crippen molar-refractivity contribution in [2.24, 2.45) is 0 Å². The van der Waals surface area contributed by atoms with Crippen LogP contribution in [0.25, 0.3) is 0 Å². The van der Waals surface area contributed by atoms with Gasteiger partial charge in [0.2, 0.25) is 0 Å². The number of benzene rings is 1. The van der Waals surface area contributed by atoms with E-state index in [1.807, 2.05) is 0 Å². The summed E-state index contributed by atoms with van der Waals surface area (Å²) in [4.78, 5) is 2.69. The first kappa shape index (κ1) is 12.8. The van der Waals surface area contributed by atoms with E-state index < -0.39 is 0 Å². The average molecular weight is 270 g/mol. The highest BCUT2D eigenvalue weighted by atomic mass is 15.2. The molecule has 2 fully saturated rings. The van der Waals surface area contributed by atoms with Crippen molar-refractivity contribution in [1.82, 2.24) is 10.2 Å². The number of hydrogen-bond acceptors (Lipinski definition) is 2. The van der Waals surface area contributed by atoms with E-state index in [9.17, 15) is 0 Å². The molecule has 1 aromatic rings. The number of aryl methyl sites for hydroxylation is 2. The van der Waals surface area contributed by atoms with Crippen molar-refractivity contribution in [2.75, 3.05) is 13.1 Å². The van der Waals surface area contributed by atoms with Crippen LogP contribution in [0.2, 0.25) is 0 Å². The molecule has 3 unspecified atom stereocenters. The van der Waals surface area contributed by atoms with Crippen LogP contribution in [0.5, 0.6) is 0 Å². The summed E-state index contributed by atoms with van der Waals surface area (Å²) >= 11 is 0. The topological polar surface area (TPSA) is 15.3 Å². The van der Waals surface area contributed by atoms with E-state index in [4.69, 9.17) is 0 Å². The lowest BCUT2D eigenvalue weighted by molar-refractivity contribution is 0.291. The van der Waals surface area contributed by atoms with Gasteiger partial charge in [0.15, 0.2) is 0 Å². The Bertz CT molecular complexity index is 496. The highest BCUT2D eigenvalue weighted by Crippen LogP contribution is 2.30. The molecule has 2 aliphatic heterocycles. The third-order valence-corrected chi connectivity index (χ3v) is 5.69. The summed E-state index contributed by atoms with van der Waals surface area (Å²) in [6.07, 6.45) is 8.05. The van der Waals surface area contributed by atoms with Crippen LogP contribution >= 0.6 is 0 Å². The van der Waals surface area contributed by atoms with Gasteiger partial charge in [0.1, 0.15) is 0 Å². The fourth-order valence-corrected chi connectivity index (χ4v) is 4.56. The molecule has 2 heterocycles. The first-order valence-electron chi connectivity index (χ1n) is 8.43. The van der Waals surface area contributed by atoms with E-state index in [-0.39, 0.29) is 0 Å². The molecule has 4 rings (SSSR count). The molecule has 3 atom stereocenters. The summed E-state index contributed by atoms with van der Waals surface area (Å²) in [5, 5.41) is 3.92. The second-order valence-corrected chi connectivity index (χ2v) is 6.91. The van der Waals surface area contributed by atoms with Crippen LogP contribution in [0.3, 0.4) is 0 Å². The van der Waals surface area contributed by atoms with E-state index >= 15 is 0 Å². The van der Waals surface area contributed by atoms with Gasteiger partial charge in [-0.2, -0.15) is 0 Å². The van der Waals surface area contributed by atoms with Crippen molar-refractivity contribution in [3.05, 3.63) is 34.9 Å². The Morgan fingerprint density at radius 1 is 1.10 bits per heavy atom. The number of fused-ring (bicyclic) bond motifs is 2. The SMILES string of the molecule is CC(NC1CCN2CCCC12)c1ccc2c(c1)CCC2. The van der Waals surface area contributed by atoms with Gasteiger partial charge >= 0.3 is 0 Å². The lowest BCUT2D eigenvalue weighted by Gasteiger charge is -2.25. The molecule has 0 bridgehead atoms. The van der Waals surface area contributed by atoms with Gasteiger partial charge in [-0.15, -0.1) is 0 Å². The van der Waals surface area contributed by atoms with Gasteiger partial charge in [-0.05, 0) is 68.7 Å². The second-order valence-electron chi connectivity index (χ2n) is 6.91. The normalized spacial score (nSPS) is 30.4. The third-order valence-electron chi connectivity index (χ3n) is 5.69. The molecule has 108 valence electrons. The zero-order valence-corrected chi connectivity index (χ0v) is 12.6. The number of hydrogen-bond donors (Lipinski definition) is 1. The van der Waals surface area contributed by atoms with Crippen LogP contribution in [0.1, 0.15) is 55.3 Å². The molecule has 0 saturated carbocycles. The summed E-state index contributed by atoms with van der Waals surface area (Å²) in [6.45, 7) is 4.98. The van der Waals surface area contributed by atoms with E-state index in [0.29, 0.717) is 12.1 Å². The maximum absolute atomic E-state index is 3.92. The predicted molar refractivity (Wildman–Crippen MR) is 83.0 cm³/mol. The minimum Gasteiger partial charge on any atom is -0.306 e. The molecule has 0 amide bonds. The van der Waals surface area contributed by atoms with Gasteiger partial charge in [0, 0.05) is 24.7 Å². The molecule has 2 saturated heterocycles. The highest BCUT2D eigenvalue weighted by Gasteiger charge is 2.37. The molecule has 0 radical (unpaired) electrons. The van der Waals surface area contributed by atoms with E-state index in [0.717, 1.165) is 6.04 Å². The lowest BCUT2D eigenvalue weighted by Crippen LogP contribution is -2.40. The second kappa shape index (κ2) is 5.16. The van der Waals surface area contributed by atoms with Gasteiger partial charge in [0.05, 0.1) is 0 Å². The minimum atomic E-state index is 0.492. The van der Waals surface area contributed by atoms with Crippen LogP contribution in [0.4, 0.5) is 0 Å². The number of nitrogens with zero attached hydrogens (tertiary/aromatic N) is 1. The Hall–Kier alpha value is -0.860. The molecule has 2 heteroatoms. The van der Waals surface area contributed by atoms with Crippen molar-refractivity contribution in [2.45, 2.75) is 63.6 Å². The summed E-state index contributed by atoms with van der Waals surface area (Å²) in [5.74, 6) is 0. The minimum absolute atomic E-state index is 0.492. The Morgan fingerprint density at radius 3 is 2.95 bits per heavy atom. The van der Waals surface area contributed by atoms with Gasteiger partial charge < -0.3 is 5.32 Å². The molecule has 20 heavy (non-hydrogen) atoms. The molecular weight excluding hydrogens is 244 g/mol. The van der Waals surface area contributed by atoms with Gasteiger partial charge in [-0.1, -0.05) is 18.2 Å². The van der Waals surface area contributed by atoms with E-state index in [1.54, 1.807) is 11.1 Å². The molecule has 0 spiro atoms. The van der Waals surface area contributed by atoms with Crippen molar-refractivity contribution in [3.63, 3.8) is 0 Å². The largest absolute Gasteiger partial charge is 0.306 e. The number of nitrogens with one attached hydrogen (secondary N) is 1. The van der Waals surface area contributed by atoms with Crippen LogP contribution in [0.15, 0.2) is 18.2 Å². The van der Waals surface area contributed by atoms with Crippen molar-refractivity contribution in [3.8, 4) is 0 Å². The van der Waals surface area contributed by atoms with Crippen molar-refractivity contribution < 1.29 is 0 Å². The van der Waals surface area contributed by atoms with Crippen LogP contribution in [-0.4, -0.2) is 30.1 Å². The highest BCUT2D eigenvalue weighted by molar-refractivity contribution is 5.36. The van der Waals surface area contributed by atoms with E-state index in [1.165, 1.54) is 57.2 Å². The molecule has 1 aliphatic carbocycles. The zero-order chi connectivity index (χ0) is 13.5. The quantitative estimate of drug-likeness (QED) is 0.908. The monoisotopic (exact) mass is 270 g/mol.